The van der Waals surface area contributed by atoms with Crippen LogP contribution >= 0.6 is 0 Å². The molecule has 0 aliphatic carbocycles. The zero-order valence-corrected chi connectivity index (χ0v) is 18.1. The molecule has 7 heteroatoms. The summed E-state index contributed by atoms with van der Waals surface area (Å²) >= 11 is 0. The van der Waals surface area contributed by atoms with Crippen molar-refractivity contribution < 1.29 is 14.0 Å². The smallest absolute Gasteiger partial charge is 0.262 e. The van der Waals surface area contributed by atoms with Gasteiger partial charge in [-0.1, -0.05) is 44.2 Å². The van der Waals surface area contributed by atoms with E-state index >= 15 is 0 Å². The first-order valence-electron chi connectivity index (χ1n) is 10.3. The van der Waals surface area contributed by atoms with Crippen LogP contribution in [-0.4, -0.2) is 28.6 Å². The normalized spacial score (nSPS) is 12.6. The van der Waals surface area contributed by atoms with Crippen molar-refractivity contribution in [2.24, 2.45) is 11.0 Å². The van der Waals surface area contributed by atoms with Gasteiger partial charge in [-0.15, -0.1) is 0 Å². The van der Waals surface area contributed by atoms with E-state index in [0.717, 1.165) is 16.5 Å². The van der Waals surface area contributed by atoms with Crippen LogP contribution < -0.4 is 10.7 Å². The van der Waals surface area contributed by atoms with Crippen molar-refractivity contribution in [1.29, 1.82) is 0 Å². The number of halogens is 1. The number of carbonyl (C=O) groups is 2. The highest BCUT2D eigenvalue weighted by molar-refractivity contribution is 6.00. The number of rotatable bonds is 7. The number of benzene rings is 2. The van der Waals surface area contributed by atoms with E-state index in [9.17, 15) is 14.0 Å². The minimum absolute atomic E-state index is 0.106. The van der Waals surface area contributed by atoms with Crippen molar-refractivity contribution in [3.8, 4) is 0 Å². The van der Waals surface area contributed by atoms with E-state index in [2.05, 4.69) is 34.3 Å². The molecule has 1 heterocycles. The lowest BCUT2D eigenvalue weighted by molar-refractivity contribution is -0.123. The predicted octanol–water partition coefficient (Wildman–Crippen LogP) is 4.27. The second kappa shape index (κ2) is 9.55. The Labute approximate surface area is 181 Å². The van der Waals surface area contributed by atoms with E-state index in [-0.39, 0.29) is 17.5 Å². The first-order valence-corrected chi connectivity index (χ1v) is 10.3. The number of hydrogen-bond acceptors (Lipinski definition) is 3. The van der Waals surface area contributed by atoms with Gasteiger partial charge in [-0.25, -0.2) is 9.82 Å². The molecule has 2 N–H and O–H groups in total. The second-order valence-electron chi connectivity index (χ2n) is 8.01. The molecule has 2 amide bonds. The summed E-state index contributed by atoms with van der Waals surface area (Å²) in [4.78, 5) is 25.1. The molecule has 0 saturated heterocycles. The van der Waals surface area contributed by atoms with Crippen molar-refractivity contribution >= 4 is 28.9 Å². The van der Waals surface area contributed by atoms with E-state index in [4.69, 9.17) is 0 Å². The average Bonchev–Trinajstić information content (AvgIpc) is 3.11. The molecule has 1 aromatic heterocycles. The van der Waals surface area contributed by atoms with Crippen molar-refractivity contribution in [2.75, 3.05) is 0 Å². The summed E-state index contributed by atoms with van der Waals surface area (Å²) in [6.07, 6.45) is 3.58. The van der Waals surface area contributed by atoms with Gasteiger partial charge in [-0.05, 0) is 38.0 Å². The molecule has 0 aliphatic rings. The number of amides is 2. The quantitative estimate of drug-likeness (QED) is 0.441. The van der Waals surface area contributed by atoms with Crippen molar-refractivity contribution in [3.63, 3.8) is 0 Å². The van der Waals surface area contributed by atoms with Crippen molar-refractivity contribution in [2.45, 2.75) is 39.8 Å². The van der Waals surface area contributed by atoms with E-state index in [1.54, 1.807) is 26.1 Å². The Morgan fingerprint density at radius 2 is 1.71 bits per heavy atom. The molecule has 6 nitrogen and oxygen atoms in total. The van der Waals surface area contributed by atoms with Crippen molar-refractivity contribution in [1.82, 2.24) is 15.3 Å². The molecule has 0 aliphatic heterocycles. The monoisotopic (exact) mass is 422 g/mol. The number of para-hydroxylation sites is 1. The van der Waals surface area contributed by atoms with E-state index in [0.29, 0.717) is 0 Å². The summed E-state index contributed by atoms with van der Waals surface area (Å²) in [6.45, 7) is 7.79. The molecule has 0 radical (unpaired) electrons. The Bertz CT molecular complexity index is 1120. The number of fused-ring (bicyclic) bond motifs is 1. The van der Waals surface area contributed by atoms with Gasteiger partial charge in [-0.3, -0.25) is 9.59 Å². The number of hydrogen-bond donors (Lipinski definition) is 2. The van der Waals surface area contributed by atoms with Crippen molar-refractivity contribution in [3.05, 3.63) is 71.7 Å². The Morgan fingerprint density at radius 3 is 2.39 bits per heavy atom. The SMILES string of the molecule is CC(C)[C@@H](NC(=O)c1ccccc1F)C(=O)N/N=C\c1cn(C(C)C)c2ccccc12. The molecular weight excluding hydrogens is 395 g/mol. The fourth-order valence-corrected chi connectivity index (χ4v) is 3.40. The first-order chi connectivity index (χ1) is 14.8. The number of aromatic nitrogens is 1. The van der Waals surface area contributed by atoms with Crippen LogP contribution in [0.5, 0.6) is 0 Å². The molecular formula is C24H27FN4O2. The number of carbonyl (C=O) groups excluding carboxylic acids is 2. The standard InChI is InChI=1S/C24H27FN4O2/c1-15(2)22(27-23(30)19-10-5-7-11-20(19)25)24(31)28-26-13-17-14-29(16(3)4)21-12-8-6-9-18(17)21/h5-16,22H,1-4H3,(H,27,30)(H,28,31)/b26-13-/t22-/m1/s1. The van der Waals surface area contributed by atoms with Crippen LogP contribution in [0.2, 0.25) is 0 Å². The zero-order valence-electron chi connectivity index (χ0n) is 18.1. The molecule has 1 atom stereocenters. The summed E-state index contributed by atoms with van der Waals surface area (Å²) in [5.41, 5.74) is 4.36. The van der Waals surface area contributed by atoms with E-state index in [1.807, 2.05) is 30.5 Å². The first kappa shape index (κ1) is 22.2. The fourth-order valence-electron chi connectivity index (χ4n) is 3.40. The van der Waals surface area contributed by atoms with Gasteiger partial charge in [0.2, 0.25) is 0 Å². The third-order valence-corrected chi connectivity index (χ3v) is 5.06. The van der Waals surface area contributed by atoms with Crippen LogP contribution in [0.1, 0.15) is 49.7 Å². The maximum atomic E-state index is 13.9. The number of nitrogens with one attached hydrogen (secondary N) is 2. The molecule has 0 unspecified atom stereocenters. The van der Waals surface area contributed by atoms with E-state index in [1.165, 1.54) is 18.2 Å². The highest BCUT2D eigenvalue weighted by atomic mass is 19.1. The predicted molar refractivity (Wildman–Crippen MR) is 121 cm³/mol. The lowest BCUT2D eigenvalue weighted by Gasteiger charge is -2.20. The molecule has 0 saturated carbocycles. The third kappa shape index (κ3) is 4.99. The van der Waals surface area contributed by atoms with Gasteiger partial charge in [0.25, 0.3) is 11.8 Å². The second-order valence-corrected chi connectivity index (χ2v) is 8.01. The Hall–Kier alpha value is -3.48. The van der Waals surface area contributed by atoms with Crippen LogP contribution in [0.25, 0.3) is 10.9 Å². The summed E-state index contributed by atoms with van der Waals surface area (Å²) in [5.74, 6) is -1.96. The molecule has 0 fully saturated rings. The van der Waals surface area contributed by atoms with Crippen LogP contribution in [-0.2, 0) is 4.79 Å². The molecule has 31 heavy (non-hydrogen) atoms. The summed E-state index contributed by atoms with van der Waals surface area (Å²) < 4.78 is 16.0. The zero-order chi connectivity index (χ0) is 22.5. The third-order valence-electron chi connectivity index (χ3n) is 5.06. The molecule has 0 bridgehead atoms. The minimum atomic E-state index is -0.860. The Balaban J connectivity index is 1.74. The molecule has 0 spiro atoms. The largest absolute Gasteiger partial charge is 0.344 e. The summed E-state index contributed by atoms with van der Waals surface area (Å²) in [5, 5.41) is 7.73. The lowest BCUT2D eigenvalue weighted by Crippen LogP contribution is -2.48. The molecule has 162 valence electrons. The van der Waals surface area contributed by atoms with Crippen LogP contribution in [0.15, 0.2) is 59.8 Å². The van der Waals surface area contributed by atoms with Gasteiger partial charge in [0.05, 0.1) is 11.8 Å². The maximum Gasteiger partial charge on any atom is 0.262 e. The lowest BCUT2D eigenvalue weighted by atomic mass is 10.0. The van der Waals surface area contributed by atoms with Gasteiger partial charge >= 0.3 is 0 Å². The van der Waals surface area contributed by atoms with Gasteiger partial charge < -0.3 is 9.88 Å². The maximum absolute atomic E-state index is 13.9. The topological polar surface area (TPSA) is 75.5 Å². The average molecular weight is 423 g/mol. The van der Waals surface area contributed by atoms with Gasteiger partial charge in [0.15, 0.2) is 0 Å². The van der Waals surface area contributed by atoms with E-state index < -0.39 is 23.7 Å². The Kier molecular flexibility index (Phi) is 6.84. The molecule has 2 aromatic carbocycles. The minimum Gasteiger partial charge on any atom is -0.344 e. The van der Waals surface area contributed by atoms with Crippen LogP contribution in [0, 0.1) is 11.7 Å². The number of nitrogens with zero attached hydrogens (tertiary/aromatic N) is 2. The number of hydrazone groups is 1. The highest BCUT2D eigenvalue weighted by Gasteiger charge is 2.25. The molecule has 3 aromatic rings. The van der Waals surface area contributed by atoms with Gasteiger partial charge in [-0.2, -0.15) is 5.10 Å². The summed E-state index contributed by atoms with van der Waals surface area (Å²) in [6, 6.07) is 13.1. The van der Waals surface area contributed by atoms with Crippen LogP contribution in [0.3, 0.4) is 0 Å². The van der Waals surface area contributed by atoms with Gasteiger partial charge in [0, 0.05) is 28.7 Å². The van der Waals surface area contributed by atoms with Crippen LogP contribution in [0.4, 0.5) is 4.39 Å². The Morgan fingerprint density at radius 1 is 1.03 bits per heavy atom. The highest BCUT2D eigenvalue weighted by Crippen LogP contribution is 2.23. The molecule has 3 rings (SSSR count). The van der Waals surface area contributed by atoms with Gasteiger partial charge in [0.1, 0.15) is 11.9 Å². The fraction of sp³-hybridized carbons (Fsp3) is 0.292. The summed E-state index contributed by atoms with van der Waals surface area (Å²) in [7, 11) is 0.